The summed E-state index contributed by atoms with van der Waals surface area (Å²) in [4.78, 5) is 3.51. The summed E-state index contributed by atoms with van der Waals surface area (Å²) in [5.74, 6) is -0.446. The molecule has 68 valence electrons. The molecular formula is C8H12ClFN2. The molecule has 1 rings (SSSR count). The Hall–Kier alpha value is -0.670. The molecule has 0 radical (unpaired) electrons. The summed E-state index contributed by atoms with van der Waals surface area (Å²) in [6.45, 7) is 1.91. The molecule has 0 spiro atoms. The van der Waals surface area contributed by atoms with Crippen LogP contribution in [0.15, 0.2) is 18.3 Å². The molecule has 0 aliphatic carbocycles. The molecule has 1 atom stereocenters. The summed E-state index contributed by atoms with van der Waals surface area (Å²) in [6.07, 6.45) is 2.26. The minimum Gasteiger partial charge on any atom is -0.328 e. The zero-order valence-electron chi connectivity index (χ0n) is 6.83. The number of rotatable bonds is 2. The third-order valence-electron chi connectivity index (χ3n) is 1.35. The molecule has 0 saturated carbocycles. The number of hydrogen-bond acceptors (Lipinski definition) is 2. The fourth-order valence-electron chi connectivity index (χ4n) is 0.899. The summed E-state index contributed by atoms with van der Waals surface area (Å²) in [5.41, 5.74) is 6.51. The Bertz CT molecular complexity index is 223. The van der Waals surface area contributed by atoms with Crippen molar-refractivity contribution in [2.75, 3.05) is 0 Å². The molecule has 4 heteroatoms. The maximum absolute atomic E-state index is 12.3. The summed E-state index contributed by atoms with van der Waals surface area (Å²) in [5, 5.41) is 0. The van der Waals surface area contributed by atoms with Gasteiger partial charge in [0, 0.05) is 12.2 Å². The highest BCUT2D eigenvalue weighted by molar-refractivity contribution is 5.85. The molecule has 0 aliphatic rings. The van der Waals surface area contributed by atoms with Gasteiger partial charge < -0.3 is 5.73 Å². The zero-order valence-corrected chi connectivity index (χ0v) is 7.64. The standard InChI is InChI=1S/C8H11FN2.ClH/c1-6(10)4-7-2-3-8(9)11-5-7;/h2-3,5-6H,4,10H2,1H3;1H. The number of hydrogen-bond donors (Lipinski definition) is 1. The van der Waals surface area contributed by atoms with Crippen LogP contribution in [0.1, 0.15) is 12.5 Å². The highest BCUT2D eigenvalue weighted by Crippen LogP contribution is 2.01. The second-order valence-electron chi connectivity index (χ2n) is 2.67. The number of aromatic nitrogens is 1. The van der Waals surface area contributed by atoms with E-state index in [-0.39, 0.29) is 18.4 Å². The molecule has 1 aromatic heterocycles. The van der Waals surface area contributed by atoms with Crippen molar-refractivity contribution in [1.82, 2.24) is 4.98 Å². The van der Waals surface area contributed by atoms with E-state index in [2.05, 4.69) is 4.98 Å². The van der Waals surface area contributed by atoms with Gasteiger partial charge in [0.05, 0.1) is 0 Å². The van der Waals surface area contributed by atoms with E-state index in [4.69, 9.17) is 5.73 Å². The van der Waals surface area contributed by atoms with Gasteiger partial charge in [0.15, 0.2) is 0 Å². The minimum atomic E-state index is -0.446. The third kappa shape index (κ3) is 3.64. The molecule has 12 heavy (non-hydrogen) atoms. The molecule has 0 aromatic carbocycles. The third-order valence-corrected chi connectivity index (χ3v) is 1.35. The van der Waals surface area contributed by atoms with Crippen LogP contribution in [-0.4, -0.2) is 11.0 Å². The van der Waals surface area contributed by atoms with Crippen LogP contribution in [0.25, 0.3) is 0 Å². The van der Waals surface area contributed by atoms with Crippen LogP contribution in [0.5, 0.6) is 0 Å². The Morgan fingerprint density at radius 1 is 1.58 bits per heavy atom. The van der Waals surface area contributed by atoms with Crippen molar-refractivity contribution in [3.63, 3.8) is 0 Å². The smallest absolute Gasteiger partial charge is 0.212 e. The lowest BCUT2D eigenvalue weighted by molar-refractivity contribution is 0.581. The van der Waals surface area contributed by atoms with Crippen LogP contribution >= 0.6 is 12.4 Å². The Morgan fingerprint density at radius 3 is 2.67 bits per heavy atom. The van der Waals surface area contributed by atoms with E-state index >= 15 is 0 Å². The first-order valence-corrected chi connectivity index (χ1v) is 3.54. The van der Waals surface area contributed by atoms with Crippen LogP contribution in [0, 0.1) is 5.95 Å². The van der Waals surface area contributed by atoms with Gasteiger partial charge >= 0.3 is 0 Å². The SMILES string of the molecule is CC(N)Cc1ccc(F)nc1.Cl. The molecule has 1 unspecified atom stereocenters. The van der Waals surface area contributed by atoms with Crippen molar-refractivity contribution in [2.45, 2.75) is 19.4 Å². The number of nitrogens with two attached hydrogens (primary N) is 1. The molecule has 2 nitrogen and oxygen atoms in total. The van der Waals surface area contributed by atoms with Gasteiger partial charge in [-0.15, -0.1) is 12.4 Å². The zero-order chi connectivity index (χ0) is 8.27. The predicted molar refractivity (Wildman–Crippen MR) is 48.8 cm³/mol. The van der Waals surface area contributed by atoms with E-state index in [1.54, 1.807) is 6.07 Å². The number of pyridine rings is 1. The van der Waals surface area contributed by atoms with Gasteiger partial charge in [0.2, 0.25) is 5.95 Å². The van der Waals surface area contributed by atoms with Crippen LogP contribution < -0.4 is 5.73 Å². The largest absolute Gasteiger partial charge is 0.328 e. The van der Waals surface area contributed by atoms with Crippen molar-refractivity contribution in [1.29, 1.82) is 0 Å². The second-order valence-corrected chi connectivity index (χ2v) is 2.67. The fourth-order valence-corrected chi connectivity index (χ4v) is 0.899. The van der Waals surface area contributed by atoms with Crippen molar-refractivity contribution in [3.05, 3.63) is 29.8 Å². The van der Waals surface area contributed by atoms with Gasteiger partial charge in [-0.1, -0.05) is 6.07 Å². The van der Waals surface area contributed by atoms with Crippen molar-refractivity contribution in [3.8, 4) is 0 Å². The molecule has 0 fully saturated rings. The molecule has 0 aliphatic heterocycles. The first-order valence-electron chi connectivity index (χ1n) is 3.54. The number of nitrogens with zero attached hydrogens (tertiary/aromatic N) is 1. The monoisotopic (exact) mass is 190 g/mol. The molecule has 1 aromatic rings. The van der Waals surface area contributed by atoms with E-state index < -0.39 is 5.95 Å². The number of halogens is 2. The Kier molecular flexibility index (Phi) is 4.78. The maximum atomic E-state index is 12.3. The molecule has 1 heterocycles. The van der Waals surface area contributed by atoms with Gasteiger partial charge in [0.1, 0.15) is 0 Å². The van der Waals surface area contributed by atoms with Gasteiger partial charge in [0.25, 0.3) is 0 Å². The van der Waals surface area contributed by atoms with Gasteiger partial charge in [-0.05, 0) is 25.0 Å². The minimum absolute atomic E-state index is 0. The van der Waals surface area contributed by atoms with Gasteiger partial charge in [-0.25, -0.2) is 4.98 Å². The Balaban J connectivity index is 0.00000121. The fraction of sp³-hybridized carbons (Fsp3) is 0.375. The van der Waals surface area contributed by atoms with E-state index in [1.807, 2.05) is 6.92 Å². The van der Waals surface area contributed by atoms with Crippen molar-refractivity contribution >= 4 is 12.4 Å². The van der Waals surface area contributed by atoms with Crippen molar-refractivity contribution < 1.29 is 4.39 Å². The normalized spacial score (nSPS) is 11.9. The summed E-state index contributed by atoms with van der Waals surface area (Å²) < 4.78 is 12.3. The topological polar surface area (TPSA) is 38.9 Å². The molecule has 0 bridgehead atoms. The summed E-state index contributed by atoms with van der Waals surface area (Å²) in [7, 11) is 0. The van der Waals surface area contributed by atoms with E-state index in [0.717, 1.165) is 12.0 Å². The Labute approximate surface area is 77.4 Å². The van der Waals surface area contributed by atoms with Crippen LogP contribution in [0.4, 0.5) is 4.39 Å². The molecule has 0 amide bonds. The quantitative estimate of drug-likeness (QED) is 0.719. The van der Waals surface area contributed by atoms with Gasteiger partial charge in [-0.2, -0.15) is 4.39 Å². The molecule has 0 saturated heterocycles. The lowest BCUT2D eigenvalue weighted by atomic mass is 10.1. The average molecular weight is 191 g/mol. The average Bonchev–Trinajstić information content (AvgIpc) is 1.93. The van der Waals surface area contributed by atoms with E-state index in [1.165, 1.54) is 12.3 Å². The van der Waals surface area contributed by atoms with Gasteiger partial charge in [-0.3, -0.25) is 0 Å². The van der Waals surface area contributed by atoms with E-state index in [9.17, 15) is 4.39 Å². The molecule has 2 N–H and O–H groups in total. The first-order chi connectivity index (χ1) is 5.18. The Morgan fingerprint density at radius 2 is 2.25 bits per heavy atom. The van der Waals surface area contributed by atoms with Crippen LogP contribution in [-0.2, 0) is 6.42 Å². The van der Waals surface area contributed by atoms with Crippen LogP contribution in [0.2, 0.25) is 0 Å². The lowest BCUT2D eigenvalue weighted by Gasteiger charge is -2.02. The predicted octanol–water partition coefficient (Wildman–Crippen LogP) is 1.53. The second kappa shape index (κ2) is 5.06. The van der Waals surface area contributed by atoms with E-state index in [0.29, 0.717) is 0 Å². The maximum Gasteiger partial charge on any atom is 0.212 e. The van der Waals surface area contributed by atoms with Crippen molar-refractivity contribution in [2.24, 2.45) is 5.73 Å². The molecular weight excluding hydrogens is 179 g/mol. The highest BCUT2D eigenvalue weighted by atomic mass is 35.5. The summed E-state index contributed by atoms with van der Waals surface area (Å²) >= 11 is 0. The highest BCUT2D eigenvalue weighted by Gasteiger charge is 1.97. The lowest BCUT2D eigenvalue weighted by Crippen LogP contribution is -2.17. The first kappa shape index (κ1) is 11.3. The van der Waals surface area contributed by atoms with Crippen LogP contribution in [0.3, 0.4) is 0 Å². The summed E-state index contributed by atoms with van der Waals surface area (Å²) in [6, 6.07) is 3.14.